The van der Waals surface area contributed by atoms with Crippen LogP contribution in [0, 0.1) is 6.92 Å². The molecular formula is C27H29Cl2N3O4S. The van der Waals surface area contributed by atoms with Crippen LogP contribution in [0.3, 0.4) is 0 Å². The fraction of sp³-hybridized carbons (Fsp3) is 0.259. The van der Waals surface area contributed by atoms with Crippen molar-refractivity contribution in [3.8, 4) is 0 Å². The Balaban J connectivity index is 2.03. The minimum Gasteiger partial charge on any atom is -0.355 e. The number of rotatable bonds is 10. The van der Waals surface area contributed by atoms with Crippen LogP contribution in [0.15, 0.2) is 77.7 Å². The average molecular weight is 563 g/mol. The fourth-order valence-electron chi connectivity index (χ4n) is 3.68. The summed E-state index contributed by atoms with van der Waals surface area (Å²) < 4.78 is 28.4. The predicted octanol–water partition coefficient (Wildman–Crippen LogP) is 5.05. The molecule has 2 amide bonds. The van der Waals surface area contributed by atoms with Gasteiger partial charge in [0, 0.05) is 13.1 Å². The number of nitrogens with zero attached hydrogens (tertiary/aromatic N) is 2. The molecule has 10 heteroatoms. The van der Waals surface area contributed by atoms with Gasteiger partial charge in [0.15, 0.2) is 0 Å². The van der Waals surface area contributed by atoms with E-state index in [2.05, 4.69) is 5.32 Å². The molecule has 0 spiro atoms. The van der Waals surface area contributed by atoms with Crippen molar-refractivity contribution in [3.05, 3.63) is 94.0 Å². The van der Waals surface area contributed by atoms with Crippen molar-refractivity contribution in [1.82, 2.24) is 10.2 Å². The molecule has 0 aliphatic heterocycles. The Morgan fingerprint density at radius 2 is 1.59 bits per heavy atom. The third-order valence-electron chi connectivity index (χ3n) is 5.79. The summed E-state index contributed by atoms with van der Waals surface area (Å²) in [5.41, 5.74) is 2.04. The minimum atomic E-state index is -4.16. The highest BCUT2D eigenvalue weighted by atomic mass is 35.5. The lowest BCUT2D eigenvalue weighted by Gasteiger charge is -2.32. The number of hydrogen-bond donors (Lipinski definition) is 1. The number of likely N-dealkylation sites (N-methyl/N-ethyl adjacent to an activating group) is 1. The second kappa shape index (κ2) is 12.4. The van der Waals surface area contributed by atoms with Gasteiger partial charge >= 0.3 is 0 Å². The van der Waals surface area contributed by atoms with Gasteiger partial charge < -0.3 is 10.2 Å². The molecule has 196 valence electrons. The zero-order valence-electron chi connectivity index (χ0n) is 20.8. The van der Waals surface area contributed by atoms with Crippen LogP contribution in [-0.2, 0) is 26.2 Å². The zero-order chi connectivity index (χ0) is 27.2. The average Bonchev–Trinajstić information content (AvgIpc) is 2.88. The van der Waals surface area contributed by atoms with Crippen LogP contribution >= 0.6 is 23.2 Å². The molecule has 1 atom stereocenters. The van der Waals surface area contributed by atoms with Crippen LogP contribution in [-0.4, -0.2) is 44.3 Å². The van der Waals surface area contributed by atoms with Gasteiger partial charge in [0.05, 0.1) is 20.6 Å². The van der Waals surface area contributed by atoms with Gasteiger partial charge in [0.25, 0.3) is 10.0 Å². The summed E-state index contributed by atoms with van der Waals surface area (Å²) in [6, 6.07) is 18.9. The quantitative estimate of drug-likeness (QED) is 0.375. The number of aryl methyl sites for hydroxylation is 1. The maximum Gasteiger partial charge on any atom is 0.264 e. The van der Waals surface area contributed by atoms with Gasteiger partial charge in [-0.3, -0.25) is 13.9 Å². The third-order valence-corrected chi connectivity index (χ3v) is 8.32. The molecule has 0 saturated heterocycles. The first kappa shape index (κ1) is 28.5. The van der Waals surface area contributed by atoms with Gasteiger partial charge in [-0.05, 0) is 56.7 Å². The summed E-state index contributed by atoms with van der Waals surface area (Å²) in [6.45, 7) is 5.32. The lowest BCUT2D eigenvalue weighted by Crippen LogP contribution is -2.51. The summed E-state index contributed by atoms with van der Waals surface area (Å²) in [5.74, 6) is -0.889. The third kappa shape index (κ3) is 7.03. The molecule has 0 heterocycles. The van der Waals surface area contributed by atoms with Crippen molar-refractivity contribution >= 4 is 50.7 Å². The van der Waals surface area contributed by atoms with Gasteiger partial charge in [-0.15, -0.1) is 0 Å². The Morgan fingerprint density at radius 1 is 0.946 bits per heavy atom. The van der Waals surface area contributed by atoms with E-state index in [1.165, 1.54) is 35.2 Å². The number of carbonyl (C=O) groups excluding carboxylic acids is 2. The molecule has 3 rings (SSSR count). The molecular weight excluding hydrogens is 533 g/mol. The van der Waals surface area contributed by atoms with E-state index >= 15 is 0 Å². The minimum absolute atomic E-state index is 0.00994. The summed E-state index contributed by atoms with van der Waals surface area (Å²) in [5, 5.41) is 3.13. The highest BCUT2D eigenvalue weighted by Gasteiger charge is 2.32. The maximum atomic E-state index is 13.8. The molecule has 0 aromatic heterocycles. The van der Waals surface area contributed by atoms with Crippen molar-refractivity contribution in [1.29, 1.82) is 0 Å². The monoisotopic (exact) mass is 561 g/mol. The van der Waals surface area contributed by atoms with E-state index in [0.29, 0.717) is 6.54 Å². The topological polar surface area (TPSA) is 86.8 Å². The van der Waals surface area contributed by atoms with Gasteiger partial charge in [0.1, 0.15) is 12.6 Å². The van der Waals surface area contributed by atoms with Crippen molar-refractivity contribution in [3.63, 3.8) is 0 Å². The summed E-state index contributed by atoms with van der Waals surface area (Å²) in [6.07, 6.45) is 0. The SMILES string of the molecule is CCNC(=O)[C@@H](C)N(Cc1ccc(C)cc1)C(=O)CN(c1ccc(Cl)c(Cl)c1)S(=O)(=O)c1ccccc1. The molecule has 0 aliphatic carbocycles. The molecule has 0 unspecified atom stereocenters. The fourth-order valence-corrected chi connectivity index (χ4v) is 5.40. The van der Waals surface area contributed by atoms with Crippen LogP contribution in [0.5, 0.6) is 0 Å². The van der Waals surface area contributed by atoms with E-state index < -0.39 is 28.5 Å². The molecule has 3 aromatic rings. The Hall–Kier alpha value is -3.07. The predicted molar refractivity (Wildman–Crippen MR) is 147 cm³/mol. The van der Waals surface area contributed by atoms with E-state index in [4.69, 9.17) is 23.2 Å². The van der Waals surface area contributed by atoms with Crippen LogP contribution in [0.2, 0.25) is 10.0 Å². The van der Waals surface area contributed by atoms with Gasteiger partial charge in [-0.1, -0.05) is 71.2 Å². The van der Waals surface area contributed by atoms with Gasteiger partial charge in [-0.2, -0.15) is 0 Å². The number of benzene rings is 3. The molecule has 1 N–H and O–H groups in total. The van der Waals surface area contributed by atoms with Crippen molar-refractivity contribution in [2.75, 3.05) is 17.4 Å². The molecule has 0 saturated carbocycles. The number of amides is 2. The Bertz CT molecular complexity index is 1350. The molecule has 37 heavy (non-hydrogen) atoms. The van der Waals surface area contributed by atoms with E-state index in [0.717, 1.165) is 15.4 Å². The van der Waals surface area contributed by atoms with Crippen LogP contribution in [0.1, 0.15) is 25.0 Å². The Labute approximate surface area is 228 Å². The zero-order valence-corrected chi connectivity index (χ0v) is 23.1. The molecule has 7 nitrogen and oxygen atoms in total. The standard InChI is InChI=1S/C27H29Cl2N3O4S/c1-4-30-27(34)20(3)31(17-21-12-10-19(2)11-13-21)26(33)18-32(22-14-15-24(28)25(29)16-22)37(35,36)23-8-6-5-7-9-23/h5-16,20H,4,17-18H2,1-3H3,(H,30,34)/t20-/m1/s1. The number of carbonyl (C=O) groups is 2. The molecule has 0 radical (unpaired) electrons. The van der Waals surface area contributed by atoms with E-state index in [9.17, 15) is 18.0 Å². The molecule has 0 fully saturated rings. The number of nitrogens with one attached hydrogen (secondary N) is 1. The first-order chi connectivity index (χ1) is 17.5. The number of halogens is 2. The molecule has 3 aromatic carbocycles. The number of anilines is 1. The first-order valence-corrected chi connectivity index (χ1v) is 13.9. The molecule has 0 bridgehead atoms. The molecule has 0 aliphatic rings. The van der Waals surface area contributed by atoms with E-state index in [1.807, 2.05) is 31.2 Å². The Kier molecular flexibility index (Phi) is 9.59. The lowest BCUT2D eigenvalue weighted by molar-refractivity contribution is -0.139. The largest absolute Gasteiger partial charge is 0.355 e. The lowest BCUT2D eigenvalue weighted by atomic mass is 10.1. The summed E-state index contributed by atoms with van der Waals surface area (Å²) in [7, 11) is -4.16. The normalized spacial score (nSPS) is 12.0. The highest BCUT2D eigenvalue weighted by Crippen LogP contribution is 2.30. The van der Waals surface area contributed by atoms with Crippen LogP contribution in [0.25, 0.3) is 0 Å². The number of hydrogen-bond acceptors (Lipinski definition) is 4. The second-order valence-corrected chi connectivity index (χ2v) is 11.2. The van der Waals surface area contributed by atoms with Gasteiger partial charge in [-0.25, -0.2) is 8.42 Å². The van der Waals surface area contributed by atoms with Crippen LogP contribution in [0.4, 0.5) is 5.69 Å². The highest BCUT2D eigenvalue weighted by molar-refractivity contribution is 7.92. The maximum absolute atomic E-state index is 13.8. The van der Waals surface area contributed by atoms with Crippen molar-refractivity contribution < 1.29 is 18.0 Å². The second-order valence-electron chi connectivity index (χ2n) is 8.50. The summed E-state index contributed by atoms with van der Waals surface area (Å²) in [4.78, 5) is 27.9. The van der Waals surface area contributed by atoms with E-state index in [-0.39, 0.29) is 33.1 Å². The van der Waals surface area contributed by atoms with Crippen molar-refractivity contribution in [2.45, 2.75) is 38.3 Å². The first-order valence-electron chi connectivity index (χ1n) is 11.7. The number of sulfonamides is 1. The van der Waals surface area contributed by atoms with E-state index in [1.54, 1.807) is 32.0 Å². The Morgan fingerprint density at radius 3 is 2.19 bits per heavy atom. The summed E-state index contributed by atoms with van der Waals surface area (Å²) >= 11 is 12.3. The van der Waals surface area contributed by atoms with Gasteiger partial charge in [0.2, 0.25) is 11.8 Å². The van der Waals surface area contributed by atoms with Crippen LogP contribution < -0.4 is 9.62 Å². The van der Waals surface area contributed by atoms with Crippen molar-refractivity contribution in [2.24, 2.45) is 0 Å². The smallest absolute Gasteiger partial charge is 0.264 e.